The number of furan rings is 1. The molecule has 1 saturated heterocycles. The summed E-state index contributed by atoms with van der Waals surface area (Å²) < 4.78 is 15.9. The zero-order chi connectivity index (χ0) is 23.5. The van der Waals surface area contributed by atoms with E-state index < -0.39 is 76.5 Å². The van der Waals surface area contributed by atoms with Gasteiger partial charge in [-0.2, -0.15) is 0 Å². The molecule has 1 aromatic rings. The highest BCUT2D eigenvalue weighted by Crippen LogP contribution is 2.66. The first kappa shape index (κ1) is 22.9. The van der Waals surface area contributed by atoms with Crippen LogP contribution in [0, 0.1) is 22.7 Å². The first-order chi connectivity index (χ1) is 15.1. The number of carbonyl (C=O) groups is 4. The molecule has 1 aliphatic heterocycles. The quantitative estimate of drug-likeness (QED) is 0.494. The fourth-order valence-electron chi connectivity index (χ4n) is 6.10. The van der Waals surface area contributed by atoms with Gasteiger partial charge in [-0.3, -0.25) is 19.2 Å². The van der Waals surface area contributed by atoms with Gasteiger partial charge in [0.15, 0.2) is 17.2 Å². The molecule has 2 N–H and O–H groups in total. The maximum absolute atomic E-state index is 13.6. The second-order valence-electron chi connectivity index (χ2n) is 9.05. The topological polar surface area (TPSA) is 140 Å². The number of alkyl halides is 1. The van der Waals surface area contributed by atoms with Gasteiger partial charge >= 0.3 is 11.9 Å². The second-order valence-corrected chi connectivity index (χ2v) is 9.32. The third-order valence-corrected chi connectivity index (χ3v) is 8.22. The highest BCUT2D eigenvalue weighted by Gasteiger charge is 2.78. The van der Waals surface area contributed by atoms with Crippen molar-refractivity contribution in [3.63, 3.8) is 0 Å². The van der Waals surface area contributed by atoms with Crippen LogP contribution >= 0.6 is 11.6 Å². The lowest BCUT2D eigenvalue weighted by molar-refractivity contribution is -0.225. The maximum Gasteiger partial charge on any atom is 0.313 e. The molecule has 4 rings (SSSR count). The van der Waals surface area contributed by atoms with Crippen LogP contribution in [-0.4, -0.2) is 57.9 Å². The zero-order valence-corrected chi connectivity index (χ0v) is 18.5. The molecule has 7 unspecified atom stereocenters. The molecule has 2 saturated carbocycles. The molecular weight excluding hydrogens is 444 g/mol. The molecule has 10 heteroatoms. The van der Waals surface area contributed by atoms with Crippen molar-refractivity contribution >= 4 is 35.1 Å². The Kier molecular flexibility index (Phi) is 5.50. The number of Topliss-reactive ketones (excluding diaryl/α,β-unsaturated/α-hetero) is 2. The Labute approximate surface area is 189 Å². The van der Waals surface area contributed by atoms with E-state index in [0.717, 1.165) is 6.92 Å². The summed E-state index contributed by atoms with van der Waals surface area (Å²) >= 11 is 6.06. The fourth-order valence-corrected chi connectivity index (χ4v) is 6.49. The molecule has 0 aromatic carbocycles. The number of aliphatic hydroxyl groups excluding tert-OH is 1. The number of halogens is 1. The minimum atomic E-state index is -2.42. The summed E-state index contributed by atoms with van der Waals surface area (Å²) in [7, 11) is 0. The highest BCUT2D eigenvalue weighted by molar-refractivity contribution is 6.22. The smallest absolute Gasteiger partial charge is 0.313 e. The minimum absolute atomic E-state index is 0.0648. The number of hydrogen-bond donors (Lipinski definition) is 2. The average molecular weight is 469 g/mol. The Morgan fingerprint density at radius 1 is 1.34 bits per heavy atom. The van der Waals surface area contributed by atoms with Gasteiger partial charge in [-0.15, -0.1) is 11.6 Å². The Balaban J connectivity index is 1.92. The Morgan fingerprint density at radius 3 is 2.66 bits per heavy atom. The maximum atomic E-state index is 13.6. The van der Waals surface area contributed by atoms with Gasteiger partial charge < -0.3 is 24.1 Å². The summed E-state index contributed by atoms with van der Waals surface area (Å²) in [6.07, 6.45) is 0.503. The molecule has 3 fully saturated rings. The van der Waals surface area contributed by atoms with Crippen molar-refractivity contribution in [3.8, 4) is 0 Å². The number of cyclic esters (lactones) is 1. The summed E-state index contributed by atoms with van der Waals surface area (Å²) in [6.45, 7) is 2.01. The molecule has 0 bridgehead atoms. The van der Waals surface area contributed by atoms with Crippen molar-refractivity contribution in [2.45, 2.75) is 50.9 Å². The lowest BCUT2D eigenvalue weighted by Gasteiger charge is -2.60. The van der Waals surface area contributed by atoms with Crippen LogP contribution in [0.4, 0.5) is 0 Å². The third-order valence-electron chi connectivity index (χ3n) is 7.83. The van der Waals surface area contributed by atoms with E-state index in [2.05, 4.69) is 0 Å². The van der Waals surface area contributed by atoms with Crippen molar-refractivity contribution in [2.24, 2.45) is 22.7 Å². The highest BCUT2D eigenvalue weighted by atomic mass is 35.5. The summed E-state index contributed by atoms with van der Waals surface area (Å²) in [6, 6.07) is 1.65. The van der Waals surface area contributed by atoms with Gasteiger partial charge in [-0.05, 0) is 18.4 Å². The van der Waals surface area contributed by atoms with Crippen LogP contribution in [0.15, 0.2) is 23.0 Å². The van der Waals surface area contributed by atoms with Crippen LogP contribution in [0.2, 0.25) is 0 Å². The van der Waals surface area contributed by atoms with Gasteiger partial charge in [-0.1, -0.05) is 6.92 Å². The number of aliphatic hydroxyl groups is 2. The minimum Gasteiger partial charge on any atom is -0.472 e. The second kappa shape index (κ2) is 7.67. The van der Waals surface area contributed by atoms with E-state index in [-0.39, 0.29) is 19.3 Å². The van der Waals surface area contributed by atoms with Crippen LogP contribution in [0.1, 0.15) is 44.8 Å². The predicted molar refractivity (Wildman–Crippen MR) is 107 cm³/mol. The largest absolute Gasteiger partial charge is 0.472 e. The Morgan fingerprint density at radius 2 is 2.06 bits per heavy atom. The number of hydrogen-bond acceptors (Lipinski definition) is 9. The molecule has 9 nitrogen and oxygen atoms in total. The first-order valence-electron chi connectivity index (χ1n) is 10.5. The van der Waals surface area contributed by atoms with E-state index in [0.29, 0.717) is 5.56 Å². The van der Waals surface area contributed by atoms with Gasteiger partial charge in [0, 0.05) is 31.2 Å². The van der Waals surface area contributed by atoms with Crippen molar-refractivity contribution in [3.05, 3.63) is 24.2 Å². The lowest BCUT2D eigenvalue weighted by atomic mass is 9.41. The average Bonchev–Trinajstić information content (AvgIpc) is 3.41. The van der Waals surface area contributed by atoms with Crippen molar-refractivity contribution in [2.75, 3.05) is 12.5 Å². The Hall–Kier alpha value is -2.23. The molecule has 0 amide bonds. The van der Waals surface area contributed by atoms with Crippen molar-refractivity contribution in [1.29, 1.82) is 0 Å². The van der Waals surface area contributed by atoms with E-state index in [4.69, 9.17) is 25.5 Å². The van der Waals surface area contributed by atoms with Crippen molar-refractivity contribution < 1.29 is 43.3 Å². The Bertz CT molecular complexity index is 959. The fraction of sp³-hybridized carbons (Fsp3) is 0.636. The zero-order valence-electron chi connectivity index (χ0n) is 17.7. The van der Waals surface area contributed by atoms with Gasteiger partial charge in [0.05, 0.1) is 23.8 Å². The molecule has 7 atom stereocenters. The molecule has 1 aromatic heterocycles. The van der Waals surface area contributed by atoms with E-state index >= 15 is 0 Å². The standard InChI is InChI=1S/C22H25ClO9/c1-11-17(26)18(27)21(10-31-12(2)24)15(3-4-16(25)22(21,29)9-23)20(11)7-14(32-19(20)28)13-5-6-30-8-13/h5-6,8,11,14-15,17,26,29H,3-4,7,9-10H2,1-2H3. The molecule has 2 heterocycles. The molecule has 3 aliphatic rings. The molecule has 2 aliphatic carbocycles. The van der Waals surface area contributed by atoms with E-state index in [9.17, 15) is 29.4 Å². The van der Waals surface area contributed by atoms with Gasteiger partial charge in [-0.25, -0.2) is 0 Å². The lowest BCUT2D eigenvalue weighted by Crippen LogP contribution is -2.76. The number of ketones is 2. The van der Waals surface area contributed by atoms with Crippen LogP contribution < -0.4 is 0 Å². The molecule has 1 spiro atoms. The van der Waals surface area contributed by atoms with Crippen molar-refractivity contribution in [1.82, 2.24) is 0 Å². The molecule has 174 valence electrons. The third kappa shape index (κ3) is 2.77. The number of rotatable bonds is 4. The van der Waals surface area contributed by atoms with E-state index in [1.54, 1.807) is 13.0 Å². The summed E-state index contributed by atoms with van der Waals surface area (Å²) in [5.41, 5.74) is -5.33. The summed E-state index contributed by atoms with van der Waals surface area (Å²) in [4.78, 5) is 51.6. The SMILES string of the molecule is CC(=O)OCC12C(=O)C(O)C(C)C3(CC(c4ccoc4)OC3=O)C1CCC(=O)C2(O)CCl. The number of esters is 2. The van der Waals surface area contributed by atoms with E-state index in [1.165, 1.54) is 12.5 Å². The van der Waals surface area contributed by atoms with Gasteiger partial charge in [0.2, 0.25) is 0 Å². The molecule has 32 heavy (non-hydrogen) atoms. The summed E-state index contributed by atoms with van der Waals surface area (Å²) in [5, 5.41) is 22.5. The number of fused-ring (bicyclic) bond motifs is 2. The van der Waals surface area contributed by atoms with Crippen LogP contribution in [0.5, 0.6) is 0 Å². The number of carbonyl (C=O) groups excluding carboxylic acids is 4. The van der Waals surface area contributed by atoms with Crippen LogP contribution in [0.3, 0.4) is 0 Å². The number of ether oxygens (including phenoxy) is 2. The van der Waals surface area contributed by atoms with Gasteiger partial charge in [0.1, 0.15) is 24.2 Å². The summed E-state index contributed by atoms with van der Waals surface area (Å²) in [5.74, 6) is -5.43. The normalized spacial score (nSPS) is 41.5. The monoisotopic (exact) mass is 468 g/mol. The van der Waals surface area contributed by atoms with Crippen LogP contribution in [0.25, 0.3) is 0 Å². The molecule has 0 radical (unpaired) electrons. The van der Waals surface area contributed by atoms with E-state index in [1.807, 2.05) is 0 Å². The predicted octanol–water partition coefficient (Wildman–Crippen LogP) is 1.33. The van der Waals surface area contributed by atoms with Crippen LogP contribution in [-0.2, 0) is 28.7 Å². The first-order valence-corrected chi connectivity index (χ1v) is 11.0. The molecular formula is C22H25ClO9. The van der Waals surface area contributed by atoms with Gasteiger partial charge in [0.25, 0.3) is 0 Å².